The number of amides is 1. The number of carbonyl (C=O) groups is 1. The molecule has 0 bridgehead atoms. The molecule has 2 aromatic carbocycles. The Morgan fingerprint density at radius 1 is 1.09 bits per heavy atom. The summed E-state index contributed by atoms with van der Waals surface area (Å²) in [6, 6.07) is 6.26. The molecule has 5 N–H and O–H groups in total. The number of H-pyrrole nitrogens is 1. The van der Waals surface area contributed by atoms with Crippen LogP contribution in [-0.4, -0.2) is 62.3 Å². The van der Waals surface area contributed by atoms with Crippen molar-refractivity contribution in [2.24, 2.45) is 5.73 Å². The first-order chi connectivity index (χ1) is 16.5. The first-order valence-electron chi connectivity index (χ1n) is 10.7. The molecule has 1 heterocycles. The second-order valence-corrected chi connectivity index (χ2v) is 7.79. The highest BCUT2D eigenvalue weighted by molar-refractivity contribution is 5.97. The van der Waals surface area contributed by atoms with Crippen LogP contribution in [0.3, 0.4) is 0 Å². The van der Waals surface area contributed by atoms with E-state index in [1.54, 1.807) is 33.5 Å². The average molecular weight is 469 g/mol. The summed E-state index contributed by atoms with van der Waals surface area (Å²) in [7, 11) is 6.29. The van der Waals surface area contributed by atoms with Gasteiger partial charge in [0, 0.05) is 22.4 Å². The minimum atomic E-state index is -1.05. The summed E-state index contributed by atoms with van der Waals surface area (Å²) < 4.78 is 22.2. The van der Waals surface area contributed by atoms with Crippen LogP contribution in [0.25, 0.3) is 22.4 Å². The van der Waals surface area contributed by atoms with E-state index in [0.717, 1.165) is 40.8 Å². The van der Waals surface area contributed by atoms with Gasteiger partial charge in [0.15, 0.2) is 11.5 Å². The number of nitrogens with zero attached hydrogens (tertiary/aromatic N) is 1. The van der Waals surface area contributed by atoms with Crippen molar-refractivity contribution in [2.45, 2.75) is 18.9 Å². The van der Waals surface area contributed by atoms with E-state index in [1.807, 2.05) is 12.1 Å². The maximum atomic E-state index is 12.3. The molecule has 180 valence electrons. The number of nitrogens with one attached hydrogen (secondary N) is 2. The predicted octanol–water partition coefficient (Wildman–Crippen LogP) is 2.13. The van der Waals surface area contributed by atoms with Gasteiger partial charge < -0.3 is 35.1 Å². The van der Waals surface area contributed by atoms with E-state index in [2.05, 4.69) is 15.5 Å². The Balaban J connectivity index is 1.85. The Hall–Kier alpha value is -3.76. The molecule has 1 aliphatic rings. The summed E-state index contributed by atoms with van der Waals surface area (Å²) >= 11 is 0. The first kappa shape index (κ1) is 23.4. The van der Waals surface area contributed by atoms with Crippen LogP contribution in [0.2, 0.25) is 0 Å². The monoisotopic (exact) mass is 468 g/mol. The molecule has 0 radical (unpaired) electrons. The lowest BCUT2D eigenvalue weighted by Crippen LogP contribution is -2.38. The van der Waals surface area contributed by atoms with Gasteiger partial charge in [-0.1, -0.05) is 0 Å². The third-order valence-corrected chi connectivity index (χ3v) is 5.93. The van der Waals surface area contributed by atoms with Crippen molar-refractivity contribution in [3.63, 3.8) is 0 Å². The molecule has 0 fully saturated rings. The molecule has 0 saturated carbocycles. The summed E-state index contributed by atoms with van der Waals surface area (Å²) in [5.74, 6) is 1.68. The number of carbonyl (C=O) groups excluding carboxylic acids is 1. The average Bonchev–Trinajstić information content (AvgIpc) is 3.31. The number of aryl methyl sites for hydroxylation is 1. The van der Waals surface area contributed by atoms with E-state index < -0.39 is 18.6 Å². The molecule has 34 heavy (non-hydrogen) atoms. The molecule has 1 amide bonds. The fraction of sp³-hybridized carbons (Fsp3) is 0.333. The van der Waals surface area contributed by atoms with Crippen LogP contribution in [0.1, 0.15) is 11.3 Å². The van der Waals surface area contributed by atoms with Crippen LogP contribution in [0, 0.1) is 0 Å². The lowest BCUT2D eigenvalue weighted by molar-refractivity contribution is -0.118. The van der Waals surface area contributed by atoms with Crippen molar-refractivity contribution in [3.05, 3.63) is 35.5 Å². The van der Waals surface area contributed by atoms with Crippen molar-refractivity contribution in [2.75, 3.05) is 40.4 Å². The van der Waals surface area contributed by atoms with Crippen molar-refractivity contribution >= 4 is 11.6 Å². The highest BCUT2D eigenvalue weighted by Gasteiger charge is 2.30. The number of aliphatic hydroxyl groups excluding tert-OH is 1. The van der Waals surface area contributed by atoms with Crippen molar-refractivity contribution in [3.8, 4) is 45.4 Å². The molecule has 10 heteroatoms. The lowest BCUT2D eigenvalue weighted by Gasteiger charge is -2.23. The smallest absolute Gasteiger partial charge is 0.243 e. The molecule has 0 unspecified atom stereocenters. The zero-order chi connectivity index (χ0) is 24.4. The number of aromatic amines is 1. The SMILES string of the molecule is COc1ccc(-c2n[nH]c3c2-c2cc(OC)c(OC)c(OC)c2CC3)cc1NC(=O)[C@@H](N)CO. The molecule has 3 aromatic rings. The molecule has 0 aliphatic heterocycles. The van der Waals surface area contributed by atoms with E-state index in [1.165, 1.54) is 7.11 Å². The number of aliphatic hydroxyl groups is 1. The van der Waals surface area contributed by atoms with E-state index in [-0.39, 0.29) is 0 Å². The Kier molecular flexibility index (Phi) is 6.62. The number of hydrogen-bond acceptors (Lipinski definition) is 8. The van der Waals surface area contributed by atoms with Gasteiger partial charge in [0.1, 0.15) is 17.5 Å². The molecular weight excluding hydrogens is 440 g/mol. The second-order valence-electron chi connectivity index (χ2n) is 7.79. The number of anilines is 1. The highest BCUT2D eigenvalue weighted by atomic mass is 16.5. The van der Waals surface area contributed by atoms with Gasteiger partial charge in [0.25, 0.3) is 0 Å². The van der Waals surface area contributed by atoms with Crippen LogP contribution in [0.4, 0.5) is 5.69 Å². The number of nitrogens with two attached hydrogens (primary N) is 1. The quantitative estimate of drug-likeness (QED) is 0.394. The van der Waals surface area contributed by atoms with Gasteiger partial charge in [0.2, 0.25) is 11.7 Å². The molecule has 10 nitrogen and oxygen atoms in total. The predicted molar refractivity (Wildman–Crippen MR) is 127 cm³/mol. The van der Waals surface area contributed by atoms with Gasteiger partial charge >= 0.3 is 0 Å². The van der Waals surface area contributed by atoms with Crippen LogP contribution in [0.5, 0.6) is 23.0 Å². The fourth-order valence-electron chi connectivity index (χ4n) is 4.26. The molecule has 0 spiro atoms. The van der Waals surface area contributed by atoms with Crippen LogP contribution >= 0.6 is 0 Å². The Bertz CT molecular complexity index is 1220. The van der Waals surface area contributed by atoms with E-state index in [4.69, 9.17) is 24.7 Å². The zero-order valence-corrected chi connectivity index (χ0v) is 19.5. The molecule has 4 rings (SSSR count). The van der Waals surface area contributed by atoms with Gasteiger partial charge in [-0.25, -0.2) is 0 Å². The minimum absolute atomic E-state index is 0.423. The van der Waals surface area contributed by atoms with Gasteiger partial charge in [-0.05, 0) is 42.7 Å². The third-order valence-electron chi connectivity index (χ3n) is 5.93. The zero-order valence-electron chi connectivity index (χ0n) is 19.5. The summed E-state index contributed by atoms with van der Waals surface area (Å²) in [4.78, 5) is 12.3. The van der Waals surface area contributed by atoms with Gasteiger partial charge in [-0.15, -0.1) is 0 Å². The third kappa shape index (κ3) is 3.91. The van der Waals surface area contributed by atoms with Gasteiger partial charge in [-0.3, -0.25) is 9.89 Å². The van der Waals surface area contributed by atoms with Crippen molar-refractivity contribution in [1.82, 2.24) is 10.2 Å². The number of benzene rings is 2. The largest absolute Gasteiger partial charge is 0.495 e. The van der Waals surface area contributed by atoms with Crippen molar-refractivity contribution in [1.29, 1.82) is 0 Å². The van der Waals surface area contributed by atoms with Gasteiger partial charge in [0.05, 0.1) is 40.7 Å². The molecular formula is C24H28N4O6. The Morgan fingerprint density at radius 2 is 1.82 bits per heavy atom. The van der Waals surface area contributed by atoms with Crippen LogP contribution in [0.15, 0.2) is 24.3 Å². The first-order valence-corrected chi connectivity index (χ1v) is 10.7. The number of hydrogen-bond donors (Lipinski definition) is 4. The normalized spacial score (nSPS) is 12.9. The molecule has 1 aromatic heterocycles. The highest BCUT2D eigenvalue weighted by Crippen LogP contribution is 2.50. The summed E-state index contributed by atoms with van der Waals surface area (Å²) in [5.41, 5.74) is 11.4. The molecule has 1 aliphatic carbocycles. The van der Waals surface area contributed by atoms with Crippen LogP contribution in [-0.2, 0) is 17.6 Å². The standard InChI is InChI=1S/C24H28N4O6/c1-31-18-8-5-12(9-17(18)26-24(30)15(25)11-29)21-20-14-10-19(32-2)23(34-4)22(33-3)13(14)6-7-16(20)27-28-21/h5,8-10,15,29H,6-7,11,25H2,1-4H3,(H,26,30)(H,27,28)/t15-/m0/s1. The van der Waals surface area contributed by atoms with E-state index in [0.29, 0.717) is 34.4 Å². The number of methoxy groups -OCH3 is 4. The number of fused-ring (bicyclic) bond motifs is 3. The Morgan fingerprint density at radius 3 is 2.47 bits per heavy atom. The number of rotatable bonds is 8. The van der Waals surface area contributed by atoms with E-state index in [9.17, 15) is 9.90 Å². The molecule has 0 saturated heterocycles. The summed E-state index contributed by atoms with van der Waals surface area (Å²) in [6.45, 7) is -0.468. The van der Waals surface area contributed by atoms with Crippen LogP contribution < -0.4 is 30.0 Å². The maximum absolute atomic E-state index is 12.3. The van der Waals surface area contributed by atoms with Gasteiger partial charge in [-0.2, -0.15) is 5.10 Å². The minimum Gasteiger partial charge on any atom is -0.495 e. The summed E-state index contributed by atoms with van der Waals surface area (Å²) in [6.07, 6.45) is 1.49. The topological polar surface area (TPSA) is 141 Å². The lowest BCUT2D eigenvalue weighted by atomic mass is 9.86. The van der Waals surface area contributed by atoms with Crippen molar-refractivity contribution < 1.29 is 28.8 Å². The second kappa shape index (κ2) is 9.62. The number of ether oxygens (including phenoxy) is 4. The number of aromatic nitrogens is 2. The maximum Gasteiger partial charge on any atom is 0.243 e. The summed E-state index contributed by atoms with van der Waals surface area (Å²) in [5, 5.41) is 19.7. The Labute approximate surface area is 197 Å². The fourth-order valence-corrected chi connectivity index (χ4v) is 4.26. The molecule has 1 atom stereocenters. The van der Waals surface area contributed by atoms with E-state index >= 15 is 0 Å².